The predicted octanol–water partition coefficient (Wildman–Crippen LogP) is 1.89. The fourth-order valence-electron chi connectivity index (χ4n) is 2.08. The lowest BCUT2D eigenvalue weighted by molar-refractivity contribution is -0.161. The minimum atomic E-state index is -0.441. The van der Waals surface area contributed by atoms with E-state index in [0.29, 0.717) is 0 Å². The zero-order valence-electron chi connectivity index (χ0n) is 12.7. The molecule has 2 N–H and O–H groups in total. The number of hydrogen-bond donors (Lipinski definition) is 1. The van der Waals surface area contributed by atoms with Crippen LogP contribution in [0, 0.1) is 12.5 Å². The van der Waals surface area contributed by atoms with Crippen molar-refractivity contribution in [1.29, 1.82) is 0 Å². The molecule has 1 rings (SSSR count). The van der Waals surface area contributed by atoms with E-state index in [-0.39, 0.29) is 18.1 Å². The molecule has 0 amide bonds. The highest BCUT2D eigenvalue weighted by Crippen LogP contribution is 2.18. The van der Waals surface area contributed by atoms with E-state index < -0.39 is 5.60 Å². The predicted molar refractivity (Wildman–Crippen MR) is 79.9 cm³/mol. The summed E-state index contributed by atoms with van der Waals surface area (Å²) in [5, 5.41) is 0. The number of carbonyl (C=O) groups is 1. The maximum atomic E-state index is 12.0. The summed E-state index contributed by atoms with van der Waals surface area (Å²) in [7, 11) is 1.94. The topological polar surface area (TPSA) is 64.8 Å². The molecule has 116 valence electrons. The Bertz CT molecular complexity index is 324. The highest BCUT2D eigenvalue weighted by atomic mass is 35.5. The normalized spacial score (nSPS) is 23.6. The summed E-state index contributed by atoms with van der Waals surface area (Å²) in [5.41, 5.74) is 5.61. The average molecular weight is 305 g/mol. The van der Waals surface area contributed by atoms with E-state index in [1.807, 2.05) is 32.7 Å². The molecule has 0 saturated carbocycles. The number of likely N-dealkylation sites (N-methyl/N-ethyl adjacent to an activating group) is 1. The lowest BCUT2D eigenvalue weighted by Crippen LogP contribution is -2.52. The second-order valence-electron chi connectivity index (χ2n) is 5.81. The summed E-state index contributed by atoms with van der Waals surface area (Å²) in [6, 6.07) is -0.399. The maximum Gasteiger partial charge on any atom is 0.325 e. The molecule has 0 aliphatic carbocycles. The zero-order valence-corrected chi connectivity index (χ0v) is 13.4. The van der Waals surface area contributed by atoms with Gasteiger partial charge in [0.05, 0.1) is 0 Å². The molecule has 1 heterocycles. The zero-order chi connectivity index (χ0) is 15.8. The van der Waals surface area contributed by atoms with Crippen LogP contribution in [-0.2, 0) is 13.8 Å². The number of halogens is 1. The van der Waals surface area contributed by atoms with Crippen LogP contribution >= 0.6 is 11.9 Å². The van der Waals surface area contributed by atoms with Gasteiger partial charge in [0, 0.05) is 6.04 Å². The first kappa shape index (κ1) is 19.0. The number of likely N-dealkylation sites (tertiary alicyclic amines) is 1. The Morgan fingerprint density at radius 3 is 2.45 bits per heavy atom. The van der Waals surface area contributed by atoms with E-state index in [0.717, 1.165) is 25.8 Å². The summed E-state index contributed by atoms with van der Waals surface area (Å²) in [6.07, 6.45) is 9.21. The van der Waals surface area contributed by atoms with Gasteiger partial charge in [-0.05, 0) is 47.2 Å². The molecule has 0 aromatic carbocycles. The second kappa shape index (κ2) is 9.06. The van der Waals surface area contributed by atoms with Crippen LogP contribution in [0.2, 0.25) is 0 Å². The molecule has 5 nitrogen and oxygen atoms in total. The van der Waals surface area contributed by atoms with Crippen LogP contribution in [0.15, 0.2) is 0 Å². The highest BCUT2D eigenvalue weighted by molar-refractivity contribution is 6.08. The summed E-state index contributed by atoms with van der Waals surface area (Å²) < 4.78 is 8.95. The lowest BCUT2D eigenvalue weighted by Gasteiger charge is -2.31. The smallest absolute Gasteiger partial charge is 0.325 e. The molecule has 0 aromatic heterocycles. The van der Waals surface area contributed by atoms with Crippen molar-refractivity contribution in [2.45, 2.75) is 57.7 Å². The van der Waals surface area contributed by atoms with Crippen LogP contribution in [0.4, 0.5) is 0 Å². The maximum absolute atomic E-state index is 12.0. The van der Waals surface area contributed by atoms with Gasteiger partial charge < -0.3 is 14.8 Å². The van der Waals surface area contributed by atoms with E-state index in [4.69, 9.17) is 10.5 Å². The van der Waals surface area contributed by atoms with Gasteiger partial charge in [-0.2, -0.15) is 0 Å². The van der Waals surface area contributed by atoms with E-state index >= 15 is 0 Å². The molecule has 0 spiro atoms. The Morgan fingerprint density at radius 1 is 1.45 bits per heavy atom. The van der Waals surface area contributed by atoms with Crippen LogP contribution in [0.25, 0.3) is 0 Å². The van der Waals surface area contributed by atoms with Crippen molar-refractivity contribution in [1.82, 2.24) is 4.90 Å². The molecule has 6 heteroatoms. The van der Waals surface area contributed by atoms with E-state index in [1.54, 1.807) is 6.11 Å². The molecule has 0 radical (unpaired) electrons. The molecule has 0 bridgehead atoms. The quantitative estimate of drug-likeness (QED) is 0.592. The molecular formula is C14H25ClN2O3. The number of ether oxygens (including phenoxy) is 1. The van der Waals surface area contributed by atoms with Crippen LogP contribution in [0.3, 0.4) is 0 Å². The minimum Gasteiger partial charge on any atom is -0.459 e. The van der Waals surface area contributed by atoms with Crippen molar-refractivity contribution in [2.24, 2.45) is 5.73 Å². The van der Waals surface area contributed by atoms with Gasteiger partial charge in [0.25, 0.3) is 0 Å². The van der Waals surface area contributed by atoms with Crippen LogP contribution < -0.4 is 5.73 Å². The number of nitrogens with zero attached hydrogens (tertiary/aromatic N) is 1. The SMILES string of the molecule is C#COCl.CN1CCCCC(N)C1C(=O)OC(C)(C)C. The molecule has 0 aromatic rings. The second-order valence-corrected chi connectivity index (χ2v) is 5.97. The van der Waals surface area contributed by atoms with Gasteiger partial charge >= 0.3 is 5.97 Å². The first-order chi connectivity index (χ1) is 9.22. The van der Waals surface area contributed by atoms with E-state index in [9.17, 15) is 4.79 Å². The summed E-state index contributed by atoms with van der Waals surface area (Å²) in [6.45, 7) is 6.56. The van der Waals surface area contributed by atoms with Crippen LogP contribution in [0.5, 0.6) is 0 Å². The number of rotatable bonds is 1. The Hall–Kier alpha value is -0.960. The Labute approximate surface area is 126 Å². The monoisotopic (exact) mass is 304 g/mol. The number of nitrogens with two attached hydrogens (primary N) is 1. The number of carbonyl (C=O) groups excluding carboxylic acids is 1. The first-order valence-corrected chi connectivity index (χ1v) is 6.95. The average Bonchev–Trinajstić information content (AvgIpc) is 2.48. The Morgan fingerprint density at radius 2 is 2.00 bits per heavy atom. The molecular weight excluding hydrogens is 280 g/mol. The van der Waals surface area contributed by atoms with Crippen molar-refractivity contribution in [3.05, 3.63) is 0 Å². The number of hydrogen-bond acceptors (Lipinski definition) is 5. The Balaban J connectivity index is 0.000000796. The van der Waals surface area contributed by atoms with E-state index in [1.165, 1.54) is 0 Å². The first-order valence-electron chi connectivity index (χ1n) is 6.64. The van der Waals surface area contributed by atoms with Gasteiger partial charge in [-0.15, -0.1) is 0 Å². The van der Waals surface area contributed by atoms with Gasteiger partial charge in [-0.25, -0.2) is 0 Å². The van der Waals surface area contributed by atoms with Crippen molar-refractivity contribution in [2.75, 3.05) is 13.6 Å². The van der Waals surface area contributed by atoms with Gasteiger partial charge in [0.2, 0.25) is 0 Å². The fraction of sp³-hybridized carbons (Fsp3) is 0.786. The third-order valence-electron chi connectivity index (χ3n) is 2.87. The third-order valence-corrected chi connectivity index (χ3v) is 2.96. The molecule has 2 unspecified atom stereocenters. The highest BCUT2D eigenvalue weighted by Gasteiger charge is 2.34. The van der Waals surface area contributed by atoms with Crippen molar-refractivity contribution in [3.63, 3.8) is 0 Å². The molecule has 2 atom stereocenters. The number of esters is 1. The van der Waals surface area contributed by atoms with Gasteiger partial charge in [-0.3, -0.25) is 9.69 Å². The molecule has 1 aliphatic heterocycles. The summed E-state index contributed by atoms with van der Waals surface area (Å²) in [5.74, 6) is -0.190. The fourth-order valence-corrected chi connectivity index (χ4v) is 2.08. The minimum absolute atomic E-state index is 0.109. The van der Waals surface area contributed by atoms with Gasteiger partial charge in [0.1, 0.15) is 29.6 Å². The summed E-state index contributed by atoms with van der Waals surface area (Å²) >= 11 is 4.45. The van der Waals surface area contributed by atoms with Crippen molar-refractivity contribution >= 4 is 17.8 Å². The van der Waals surface area contributed by atoms with Crippen molar-refractivity contribution in [3.8, 4) is 12.5 Å². The summed E-state index contributed by atoms with van der Waals surface area (Å²) in [4.78, 5) is 14.1. The van der Waals surface area contributed by atoms with Gasteiger partial charge in [0.15, 0.2) is 0 Å². The van der Waals surface area contributed by atoms with E-state index in [2.05, 4.69) is 22.6 Å². The van der Waals surface area contributed by atoms with Crippen LogP contribution in [0.1, 0.15) is 40.0 Å². The van der Waals surface area contributed by atoms with Crippen LogP contribution in [-0.4, -0.2) is 42.1 Å². The largest absolute Gasteiger partial charge is 0.459 e. The standard InChI is InChI=1S/C12H24N2O2.C2HClO/c1-12(2,3)16-11(15)10-9(13)7-5-6-8-14(10)4;1-2-4-3/h9-10H,5-8,13H2,1-4H3;1H. The number of terminal acetylenes is 1. The Kier molecular flexibility index (Phi) is 8.63. The molecule has 20 heavy (non-hydrogen) atoms. The van der Waals surface area contributed by atoms with Crippen molar-refractivity contribution < 1.29 is 13.8 Å². The third kappa shape index (κ3) is 7.59. The molecule has 1 aliphatic rings. The van der Waals surface area contributed by atoms with Gasteiger partial charge in [-0.1, -0.05) is 12.8 Å². The molecule has 1 fully saturated rings. The molecule has 1 saturated heterocycles. The lowest BCUT2D eigenvalue weighted by atomic mass is 10.0.